The molecule has 0 spiro atoms. The third-order valence-electron chi connectivity index (χ3n) is 3.11. The van der Waals surface area contributed by atoms with Crippen molar-refractivity contribution in [1.82, 2.24) is 9.88 Å². The lowest BCUT2D eigenvalue weighted by Gasteiger charge is -2.19. The Hall–Kier alpha value is -2.11. The highest BCUT2D eigenvalue weighted by Crippen LogP contribution is 2.18. The molecular formula is C15H17ClN4O. The number of carbonyl (C=O) groups is 1. The predicted molar refractivity (Wildman–Crippen MR) is 84.0 cm³/mol. The first kappa shape index (κ1) is 15.3. The topological polar surface area (TPSA) is 71.2 Å². The number of carbonyl (C=O) groups excluding carboxylic acids is 1. The molecular weight excluding hydrogens is 288 g/mol. The summed E-state index contributed by atoms with van der Waals surface area (Å²) in [6.07, 6.45) is 1.53. The molecule has 5 nitrogen and oxygen atoms in total. The molecule has 1 aromatic heterocycles. The number of hydrogen-bond acceptors (Lipinski definition) is 4. The Labute approximate surface area is 128 Å². The fourth-order valence-corrected chi connectivity index (χ4v) is 2.12. The summed E-state index contributed by atoms with van der Waals surface area (Å²) >= 11 is 5.85. The van der Waals surface area contributed by atoms with Gasteiger partial charge in [0, 0.05) is 30.5 Å². The van der Waals surface area contributed by atoms with Crippen LogP contribution in [0.1, 0.15) is 21.6 Å². The number of nitrogens with one attached hydrogen (secondary N) is 1. The van der Waals surface area contributed by atoms with Gasteiger partial charge in [0.05, 0.1) is 11.3 Å². The maximum Gasteiger partial charge on any atom is 0.257 e. The van der Waals surface area contributed by atoms with Crippen LogP contribution in [0, 0.1) is 6.92 Å². The number of halogens is 1. The fourth-order valence-electron chi connectivity index (χ4n) is 1.99. The first-order valence-corrected chi connectivity index (χ1v) is 6.82. The van der Waals surface area contributed by atoms with E-state index in [4.69, 9.17) is 17.4 Å². The van der Waals surface area contributed by atoms with E-state index in [2.05, 4.69) is 10.4 Å². The van der Waals surface area contributed by atoms with E-state index in [0.717, 1.165) is 11.3 Å². The van der Waals surface area contributed by atoms with E-state index >= 15 is 0 Å². The van der Waals surface area contributed by atoms with Crippen molar-refractivity contribution in [2.45, 2.75) is 13.5 Å². The number of nitrogens with two attached hydrogens (primary N) is 1. The summed E-state index contributed by atoms with van der Waals surface area (Å²) in [5.74, 6) is 5.32. The zero-order chi connectivity index (χ0) is 15.4. The third-order valence-corrected chi connectivity index (χ3v) is 3.36. The highest BCUT2D eigenvalue weighted by atomic mass is 35.5. The fraction of sp³-hybridized carbons (Fsp3) is 0.200. The van der Waals surface area contributed by atoms with Crippen molar-refractivity contribution in [1.29, 1.82) is 0 Å². The Morgan fingerprint density at radius 1 is 1.38 bits per heavy atom. The van der Waals surface area contributed by atoms with Crippen LogP contribution in [0.15, 0.2) is 36.5 Å². The lowest BCUT2D eigenvalue weighted by atomic mass is 10.1. The maximum atomic E-state index is 12.5. The molecule has 0 aliphatic heterocycles. The number of hydrogen-bond donors (Lipinski definition) is 2. The minimum absolute atomic E-state index is 0.148. The van der Waals surface area contributed by atoms with Crippen molar-refractivity contribution in [3.63, 3.8) is 0 Å². The molecule has 0 fully saturated rings. The third kappa shape index (κ3) is 3.71. The van der Waals surface area contributed by atoms with Gasteiger partial charge in [0.1, 0.15) is 0 Å². The summed E-state index contributed by atoms with van der Waals surface area (Å²) in [6, 6.07) is 9.12. The molecule has 1 heterocycles. The number of pyridine rings is 1. The maximum absolute atomic E-state index is 12.5. The molecule has 3 N–H and O–H groups in total. The van der Waals surface area contributed by atoms with E-state index in [9.17, 15) is 4.79 Å². The largest absolute Gasteiger partial charge is 0.337 e. The van der Waals surface area contributed by atoms with Gasteiger partial charge >= 0.3 is 0 Å². The van der Waals surface area contributed by atoms with Crippen LogP contribution >= 0.6 is 11.6 Å². The number of amides is 1. The first-order chi connectivity index (χ1) is 10.0. The van der Waals surface area contributed by atoms with Gasteiger partial charge in [-0.2, -0.15) is 0 Å². The predicted octanol–water partition coefficient (Wildman–Crippen LogP) is 2.60. The normalized spacial score (nSPS) is 10.3. The van der Waals surface area contributed by atoms with Crippen LogP contribution in [-0.4, -0.2) is 22.8 Å². The molecule has 0 aliphatic rings. The highest BCUT2D eigenvalue weighted by Gasteiger charge is 2.16. The average molecular weight is 305 g/mol. The summed E-state index contributed by atoms with van der Waals surface area (Å²) < 4.78 is 0. The van der Waals surface area contributed by atoms with Crippen molar-refractivity contribution in [2.24, 2.45) is 5.84 Å². The molecule has 0 unspecified atom stereocenters. The van der Waals surface area contributed by atoms with Crippen molar-refractivity contribution in [3.8, 4) is 0 Å². The van der Waals surface area contributed by atoms with Crippen LogP contribution < -0.4 is 11.3 Å². The minimum Gasteiger partial charge on any atom is -0.337 e. The Morgan fingerprint density at radius 2 is 2.05 bits per heavy atom. The molecule has 110 valence electrons. The van der Waals surface area contributed by atoms with Crippen LogP contribution in [0.3, 0.4) is 0 Å². The number of hydrazine groups is 1. The number of benzene rings is 1. The average Bonchev–Trinajstić information content (AvgIpc) is 2.48. The second-order valence-electron chi connectivity index (χ2n) is 4.80. The Morgan fingerprint density at radius 3 is 2.67 bits per heavy atom. The van der Waals surface area contributed by atoms with Gasteiger partial charge in [-0.15, -0.1) is 0 Å². The molecule has 0 radical (unpaired) electrons. The summed E-state index contributed by atoms with van der Waals surface area (Å²) in [6.45, 7) is 2.32. The van der Waals surface area contributed by atoms with Crippen molar-refractivity contribution in [3.05, 3.63) is 58.4 Å². The van der Waals surface area contributed by atoms with Gasteiger partial charge < -0.3 is 10.3 Å². The van der Waals surface area contributed by atoms with Gasteiger partial charge in [-0.25, -0.2) is 0 Å². The minimum atomic E-state index is -0.148. The van der Waals surface area contributed by atoms with Crippen LogP contribution in [0.25, 0.3) is 0 Å². The van der Waals surface area contributed by atoms with Gasteiger partial charge in [-0.05, 0) is 30.7 Å². The van der Waals surface area contributed by atoms with Crippen molar-refractivity contribution >= 4 is 23.2 Å². The lowest BCUT2D eigenvalue weighted by Crippen LogP contribution is -2.27. The summed E-state index contributed by atoms with van der Waals surface area (Å²) in [5.41, 5.74) is 5.34. The molecule has 2 rings (SSSR count). The van der Waals surface area contributed by atoms with Gasteiger partial charge in [0.25, 0.3) is 5.91 Å². The summed E-state index contributed by atoms with van der Waals surface area (Å²) in [7, 11) is 1.73. The SMILES string of the molecule is Cc1cc(NN)c(C(=O)N(C)Cc2ccc(Cl)cc2)cn1. The summed E-state index contributed by atoms with van der Waals surface area (Å²) in [4.78, 5) is 18.2. The second kappa shape index (κ2) is 6.56. The summed E-state index contributed by atoms with van der Waals surface area (Å²) in [5, 5.41) is 0.671. The molecule has 21 heavy (non-hydrogen) atoms. The van der Waals surface area contributed by atoms with Crippen LogP contribution in [0.2, 0.25) is 5.02 Å². The number of nitrogens with zero attached hydrogens (tertiary/aromatic N) is 2. The van der Waals surface area contributed by atoms with E-state index in [1.165, 1.54) is 6.20 Å². The lowest BCUT2D eigenvalue weighted by molar-refractivity contribution is 0.0785. The molecule has 1 amide bonds. The van der Waals surface area contributed by atoms with E-state index in [0.29, 0.717) is 22.8 Å². The Balaban J connectivity index is 2.17. The molecule has 2 aromatic rings. The van der Waals surface area contributed by atoms with Gasteiger partial charge in [0.2, 0.25) is 0 Å². The van der Waals surface area contributed by atoms with Crippen LogP contribution in [0.4, 0.5) is 5.69 Å². The van der Waals surface area contributed by atoms with Crippen LogP contribution in [0.5, 0.6) is 0 Å². The second-order valence-corrected chi connectivity index (χ2v) is 5.24. The number of anilines is 1. The van der Waals surface area contributed by atoms with Crippen LogP contribution in [-0.2, 0) is 6.54 Å². The molecule has 0 aliphatic carbocycles. The van der Waals surface area contributed by atoms with E-state index in [-0.39, 0.29) is 5.91 Å². The molecule has 0 saturated carbocycles. The Kier molecular flexibility index (Phi) is 4.77. The molecule has 1 aromatic carbocycles. The van der Waals surface area contributed by atoms with Gasteiger partial charge in [-0.3, -0.25) is 15.6 Å². The monoisotopic (exact) mass is 304 g/mol. The van der Waals surface area contributed by atoms with E-state index in [1.807, 2.05) is 19.1 Å². The van der Waals surface area contributed by atoms with E-state index < -0.39 is 0 Å². The standard InChI is InChI=1S/C15H17ClN4O/c1-10-7-14(19-17)13(8-18-10)15(21)20(2)9-11-3-5-12(16)6-4-11/h3-8H,9,17H2,1-2H3,(H,18,19). The zero-order valence-corrected chi connectivity index (χ0v) is 12.7. The number of rotatable bonds is 4. The number of aromatic nitrogens is 1. The molecule has 0 atom stereocenters. The number of nitrogen functional groups attached to an aromatic ring is 1. The van der Waals surface area contributed by atoms with E-state index in [1.54, 1.807) is 30.1 Å². The zero-order valence-electron chi connectivity index (χ0n) is 11.9. The smallest absolute Gasteiger partial charge is 0.257 e. The van der Waals surface area contributed by atoms with Gasteiger partial charge in [0.15, 0.2) is 0 Å². The van der Waals surface area contributed by atoms with Crippen molar-refractivity contribution < 1.29 is 4.79 Å². The quantitative estimate of drug-likeness (QED) is 0.673. The number of aryl methyl sites for hydroxylation is 1. The van der Waals surface area contributed by atoms with Gasteiger partial charge in [-0.1, -0.05) is 23.7 Å². The Bertz CT molecular complexity index is 643. The highest BCUT2D eigenvalue weighted by molar-refractivity contribution is 6.30. The molecule has 0 saturated heterocycles. The molecule has 6 heteroatoms. The van der Waals surface area contributed by atoms with Crippen molar-refractivity contribution in [2.75, 3.05) is 12.5 Å². The molecule has 0 bridgehead atoms. The first-order valence-electron chi connectivity index (χ1n) is 6.44.